The van der Waals surface area contributed by atoms with Gasteiger partial charge in [0.2, 0.25) is 0 Å². The fraction of sp³-hybridized carbons (Fsp3) is 0. The fourth-order valence-electron chi connectivity index (χ4n) is 2.42. The molecule has 0 aliphatic heterocycles. The Morgan fingerprint density at radius 1 is 1.10 bits per heavy atom. The minimum atomic E-state index is -0.755. The number of nitrogens with zero attached hydrogens (tertiary/aromatic N) is 2. The van der Waals surface area contributed by atoms with Gasteiger partial charge in [0.05, 0.1) is 28.3 Å². The Hall–Kier alpha value is -3.15. The molecule has 4 aromatic rings. The Kier molecular flexibility index (Phi) is 2.32. The predicted molar refractivity (Wildman–Crippen MR) is 77.3 cm³/mol. The zero-order chi connectivity index (χ0) is 14.4. The van der Waals surface area contributed by atoms with Gasteiger partial charge in [-0.05, 0) is 30.3 Å². The van der Waals surface area contributed by atoms with Crippen molar-refractivity contribution in [3.05, 3.63) is 69.6 Å². The second-order valence-electron chi connectivity index (χ2n) is 4.64. The molecule has 1 N–H and O–H groups in total. The van der Waals surface area contributed by atoms with Crippen molar-refractivity contribution in [1.82, 2.24) is 14.6 Å². The molecular formula is C15H9N3O3. The smallest absolute Gasteiger partial charge is 0.372 e. The summed E-state index contributed by atoms with van der Waals surface area (Å²) < 4.78 is 6.35. The molecule has 0 aliphatic carbocycles. The lowest BCUT2D eigenvalue weighted by atomic mass is 10.1. The van der Waals surface area contributed by atoms with E-state index < -0.39 is 11.4 Å². The molecule has 0 amide bonds. The van der Waals surface area contributed by atoms with Crippen LogP contribution < -0.4 is 11.4 Å². The van der Waals surface area contributed by atoms with Crippen molar-refractivity contribution in [1.29, 1.82) is 0 Å². The highest BCUT2D eigenvalue weighted by atomic mass is 16.4. The van der Waals surface area contributed by atoms with Crippen LogP contribution in [0.2, 0.25) is 0 Å². The van der Waals surface area contributed by atoms with E-state index in [1.54, 1.807) is 22.8 Å². The molecule has 6 heteroatoms. The number of aromatic amines is 1. The van der Waals surface area contributed by atoms with Gasteiger partial charge in [0, 0.05) is 5.56 Å². The zero-order valence-electron chi connectivity index (χ0n) is 10.7. The van der Waals surface area contributed by atoms with E-state index in [-0.39, 0.29) is 0 Å². The topological polar surface area (TPSA) is 80.4 Å². The molecule has 3 heterocycles. The zero-order valence-corrected chi connectivity index (χ0v) is 10.7. The van der Waals surface area contributed by atoms with Crippen LogP contribution in [0.3, 0.4) is 0 Å². The van der Waals surface area contributed by atoms with E-state index >= 15 is 0 Å². The van der Waals surface area contributed by atoms with E-state index in [0.717, 1.165) is 16.8 Å². The predicted octanol–water partition coefficient (Wildman–Crippen LogP) is 1.80. The van der Waals surface area contributed by atoms with Gasteiger partial charge in [-0.2, -0.15) is 5.10 Å². The van der Waals surface area contributed by atoms with Crippen LogP contribution >= 0.6 is 0 Å². The number of rotatable bonds is 1. The Labute approximate surface area is 117 Å². The summed E-state index contributed by atoms with van der Waals surface area (Å²) in [6.07, 6.45) is 1.71. The third kappa shape index (κ3) is 1.77. The monoisotopic (exact) mass is 279 g/mol. The molecule has 21 heavy (non-hydrogen) atoms. The van der Waals surface area contributed by atoms with E-state index in [4.69, 9.17) is 0 Å². The molecule has 4 rings (SSSR count). The number of aromatic nitrogens is 3. The third-order valence-electron chi connectivity index (χ3n) is 3.38. The minimum absolute atomic E-state index is 0.330. The molecule has 0 saturated carbocycles. The highest BCUT2D eigenvalue weighted by Crippen LogP contribution is 2.22. The summed E-state index contributed by atoms with van der Waals surface area (Å²) in [7, 11) is 0. The first kappa shape index (κ1) is 11.7. The van der Waals surface area contributed by atoms with Crippen LogP contribution in [0.25, 0.3) is 27.7 Å². The molecule has 6 nitrogen and oxygen atoms in total. The lowest BCUT2D eigenvalue weighted by Crippen LogP contribution is -2.14. The molecule has 3 aromatic heterocycles. The number of pyridine rings is 1. The van der Waals surface area contributed by atoms with Gasteiger partial charge < -0.3 is 4.42 Å². The average Bonchev–Trinajstić information content (AvgIpc) is 2.95. The first-order valence-electron chi connectivity index (χ1n) is 6.33. The van der Waals surface area contributed by atoms with Crippen LogP contribution in [0.1, 0.15) is 0 Å². The average molecular weight is 279 g/mol. The van der Waals surface area contributed by atoms with Crippen molar-refractivity contribution in [3.8, 4) is 11.3 Å². The van der Waals surface area contributed by atoms with Gasteiger partial charge in [-0.15, -0.1) is 0 Å². The van der Waals surface area contributed by atoms with Gasteiger partial charge in [0.15, 0.2) is 0 Å². The number of fused-ring (bicyclic) bond motifs is 2. The number of nitrogens with one attached hydrogen (secondary N) is 1. The van der Waals surface area contributed by atoms with Crippen LogP contribution in [0, 0.1) is 0 Å². The largest absolute Gasteiger partial charge is 0.419 e. The highest BCUT2D eigenvalue weighted by molar-refractivity contribution is 5.82. The van der Waals surface area contributed by atoms with Crippen molar-refractivity contribution in [3.63, 3.8) is 0 Å². The van der Waals surface area contributed by atoms with Crippen molar-refractivity contribution in [2.24, 2.45) is 0 Å². The van der Waals surface area contributed by atoms with Gasteiger partial charge in [-0.3, -0.25) is 4.98 Å². The van der Waals surface area contributed by atoms with Crippen molar-refractivity contribution >= 4 is 16.4 Å². The standard InChI is InChI=1S/C15H9N3O3/c19-14-11-8-9(4-5-12(11)17-15(20)21-14)13-3-1-2-10-6-7-16-18(10)13/h1-8H,(H,17,20). The van der Waals surface area contributed by atoms with Gasteiger partial charge >= 0.3 is 11.4 Å². The van der Waals surface area contributed by atoms with Crippen molar-refractivity contribution in [2.45, 2.75) is 0 Å². The van der Waals surface area contributed by atoms with Gasteiger partial charge in [-0.1, -0.05) is 12.1 Å². The normalized spacial score (nSPS) is 11.2. The van der Waals surface area contributed by atoms with Crippen LogP contribution in [0.4, 0.5) is 0 Å². The lowest BCUT2D eigenvalue weighted by molar-refractivity contribution is 0.460. The third-order valence-corrected chi connectivity index (χ3v) is 3.38. The SMILES string of the molecule is O=c1[nH]c2ccc(-c3cccc4ccnn34)cc2c(=O)o1. The fourth-order valence-corrected chi connectivity index (χ4v) is 2.42. The van der Waals surface area contributed by atoms with Crippen molar-refractivity contribution in [2.75, 3.05) is 0 Å². The minimum Gasteiger partial charge on any atom is -0.372 e. The molecule has 0 aliphatic rings. The molecule has 0 unspecified atom stereocenters. The van der Waals surface area contributed by atoms with Crippen LogP contribution in [0.5, 0.6) is 0 Å². The van der Waals surface area contributed by atoms with Gasteiger partial charge in [-0.25, -0.2) is 14.1 Å². The molecule has 1 aromatic carbocycles. The first-order valence-corrected chi connectivity index (χ1v) is 6.33. The summed E-state index contributed by atoms with van der Waals surface area (Å²) in [5.74, 6) is -0.755. The number of hydrogen-bond acceptors (Lipinski definition) is 4. The van der Waals surface area contributed by atoms with Crippen molar-refractivity contribution < 1.29 is 4.42 Å². The summed E-state index contributed by atoms with van der Waals surface area (Å²) in [6.45, 7) is 0. The molecule has 0 atom stereocenters. The Morgan fingerprint density at radius 2 is 2.00 bits per heavy atom. The maximum Gasteiger partial charge on any atom is 0.419 e. The summed E-state index contributed by atoms with van der Waals surface area (Å²) >= 11 is 0. The van der Waals surface area contributed by atoms with E-state index in [2.05, 4.69) is 14.5 Å². The Bertz CT molecular complexity index is 1090. The molecule has 0 radical (unpaired) electrons. The van der Waals surface area contributed by atoms with Gasteiger partial charge in [0.1, 0.15) is 0 Å². The first-order chi connectivity index (χ1) is 10.2. The van der Waals surface area contributed by atoms with E-state index in [1.807, 2.05) is 30.3 Å². The molecule has 102 valence electrons. The maximum atomic E-state index is 11.8. The molecule has 0 saturated heterocycles. The summed E-state index contributed by atoms with van der Waals surface area (Å²) in [5, 5.41) is 4.60. The second kappa shape index (κ2) is 4.17. The molecule has 0 spiro atoms. The molecular weight excluding hydrogens is 270 g/mol. The maximum absolute atomic E-state index is 11.8. The molecule has 0 bridgehead atoms. The van der Waals surface area contributed by atoms with Crippen LogP contribution in [-0.2, 0) is 0 Å². The highest BCUT2D eigenvalue weighted by Gasteiger charge is 2.08. The second-order valence-corrected chi connectivity index (χ2v) is 4.64. The Balaban J connectivity index is 2.05. The number of benzene rings is 1. The Morgan fingerprint density at radius 3 is 2.90 bits per heavy atom. The van der Waals surface area contributed by atoms with E-state index in [9.17, 15) is 9.59 Å². The van der Waals surface area contributed by atoms with Crippen LogP contribution in [0.15, 0.2) is 62.7 Å². The van der Waals surface area contributed by atoms with E-state index in [0.29, 0.717) is 10.9 Å². The summed E-state index contributed by atoms with van der Waals surface area (Å²) in [4.78, 5) is 25.4. The number of H-pyrrole nitrogens is 1. The quantitative estimate of drug-likeness (QED) is 0.576. The summed E-state index contributed by atoms with van der Waals surface area (Å²) in [5.41, 5.74) is 2.43. The van der Waals surface area contributed by atoms with Crippen LogP contribution in [-0.4, -0.2) is 14.6 Å². The summed E-state index contributed by atoms with van der Waals surface area (Å²) in [6, 6.07) is 12.9. The lowest BCUT2D eigenvalue weighted by Gasteiger charge is -2.05. The number of hydrogen-bond donors (Lipinski definition) is 1. The van der Waals surface area contributed by atoms with E-state index in [1.165, 1.54) is 0 Å². The molecule has 0 fully saturated rings. The van der Waals surface area contributed by atoms with Gasteiger partial charge in [0.25, 0.3) is 0 Å².